The van der Waals surface area contributed by atoms with Crippen LogP contribution in [-0.2, 0) is 16.1 Å². The summed E-state index contributed by atoms with van der Waals surface area (Å²) in [5.74, 6) is -1.33. The van der Waals surface area contributed by atoms with Gasteiger partial charge >= 0.3 is 0 Å². The molecule has 0 spiro atoms. The second kappa shape index (κ2) is 10.2. The van der Waals surface area contributed by atoms with Crippen LogP contribution in [0.25, 0.3) is 5.76 Å². The number of pyridine rings is 1. The predicted octanol–water partition coefficient (Wildman–Crippen LogP) is 4.82. The quantitative estimate of drug-likeness (QED) is 0.290. The van der Waals surface area contributed by atoms with Gasteiger partial charge in [-0.15, -0.1) is 0 Å². The van der Waals surface area contributed by atoms with Gasteiger partial charge in [0, 0.05) is 44.3 Å². The first kappa shape index (κ1) is 24.3. The lowest BCUT2D eigenvalue weighted by molar-refractivity contribution is -0.140. The minimum Gasteiger partial charge on any atom is -0.507 e. The molecule has 4 rings (SSSR count). The number of ketones is 1. The lowest BCUT2D eigenvalue weighted by Gasteiger charge is -2.26. The van der Waals surface area contributed by atoms with Gasteiger partial charge in [0.05, 0.1) is 23.2 Å². The van der Waals surface area contributed by atoms with Crippen LogP contribution in [0.4, 0.5) is 5.69 Å². The summed E-state index contributed by atoms with van der Waals surface area (Å²) in [4.78, 5) is 34.0. The van der Waals surface area contributed by atoms with Gasteiger partial charge in [0.25, 0.3) is 11.7 Å². The van der Waals surface area contributed by atoms with E-state index in [1.807, 2.05) is 56.3 Å². The highest BCUT2D eigenvalue weighted by molar-refractivity contribution is 6.46. The van der Waals surface area contributed by atoms with Crippen LogP contribution in [0.3, 0.4) is 0 Å². The van der Waals surface area contributed by atoms with Crippen molar-refractivity contribution in [3.05, 3.63) is 94.3 Å². The van der Waals surface area contributed by atoms with Gasteiger partial charge in [0.1, 0.15) is 11.5 Å². The van der Waals surface area contributed by atoms with Crippen LogP contribution < -0.4 is 9.64 Å². The molecule has 1 unspecified atom stereocenters. The highest BCUT2D eigenvalue weighted by Crippen LogP contribution is 2.41. The summed E-state index contributed by atoms with van der Waals surface area (Å²) < 4.78 is 5.55. The number of amides is 1. The molecule has 1 N–H and O–H groups in total. The number of aliphatic hydroxyl groups is 1. The summed E-state index contributed by atoms with van der Waals surface area (Å²) in [6.45, 7) is 2.38. The third-order valence-corrected chi connectivity index (χ3v) is 6.16. The Kier molecular flexibility index (Phi) is 7.07. The molecule has 0 aliphatic carbocycles. The second-order valence-corrected chi connectivity index (χ2v) is 8.76. The number of aliphatic hydroxyl groups excluding tert-OH is 1. The molecule has 2 heterocycles. The zero-order valence-corrected chi connectivity index (χ0v) is 20.5. The van der Waals surface area contributed by atoms with Crippen molar-refractivity contribution >= 4 is 34.7 Å². The van der Waals surface area contributed by atoms with Gasteiger partial charge in [-0.2, -0.15) is 0 Å². The molecule has 1 atom stereocenters. The molecule has 1 aliphatic heterocycles. The smallest absolute Gasteiger partial charge is 0.295 e. The van der Waals surface area contributed by atoms with E-state index in [0.717, 1.165) is 11.3 Å². The summed E-state index contributed by atoms with van der Waals surface area (Å²) in [5.41, 5.74) is 2.80. The van der Waals surface area contributed by atoms with E-state index < -0.39 is 17.7 Å². The number of rotatable bonds is 7. The SMILES string of the molecule is CCOc1cc(/C(O)=C2/C(=O)C(=O)N(Cc3cccnc3)C2c2ccc(N(C)C)cc2)ccc1Cl. The monoisotopic (exact) mass is 491 g/mol. The van der Waals surface area contributed by atoms with Gasteiger partial charge in [0.15, 0.2) is 0 Å². The molecule has 7 nitrogen and oxygen atoms in total. The van der Waals surface area contributed by atoms with Crippen LogP contribution in [0.2, 0.25) is 5.02 Å². The number of nitrogens with zero attached hydrogens (tertiary/aromatic N) is 3. The van der Waals surface area contributed by atoms with Gasteiger partial charge in [-0.1, -0.05) is 29.8 Å². The first-order chi connectivity index (χ1) is 16.8. The van der Waals surface area contributed by atoms with Crippen molar-refractivity contribution in [2.24, 2.45) is 0 Å². The molecular weight excluding hydrogens is 466 g/mol. The maximum absolute atomic E-state index is 13.3. The Balaban J connectivity index is 1.85. The minimum atomic E-state index is -0.780. The number of carbonyl (C=O) groups is 2. The molecule has 35 heavy (non-hydrogen) atoms. The first-order valence-corrected chi connectivity index (χ1v) is 11.6. The van der Waals surface area contributed by atoms with Gasteiger partial charge in [-0.05, 0) is 54.4 Å². The Morgan fingerprint density at radius 2 is 1.89 bits per heavy atom. The van der Waals surface area contributed by atoms with Crippen molar-refractivity contribution in [1.82, 2.24) is 9.88 Å². The number of halogens is 1. The molecular formula is C27H26ClN3O4. The average molecular weight is 492 g/mol. The van der Waals surface area contributed by atoms with Crippen LogP contribution in [0.15, 0.2) is 72.6 Å². The van der Waals surface area contributed by atoms with Crippen molar-refractivity contribution in [3.8, 4) is 5.75 Å². The Morgan fingerprint density at radius 3 is 2.51 bits per heavy atom. The fourth-order valence-electron chi connectivity index (χ4n) is 4.11. The normalized spacial score (nSPS) is 17.0. The fourth-order valence-corrected chi connectivity index (χ4v) is 4.28. The molecule has 1 amide bonds. The zero-order valence-electron chi connectivity index (χ0n) is 19.7. The van der Waals surface area contributed by atoms with Crippen molar-refractivity contribution in [1.29, 1.82) is 0 Å². The molecule has 8 heteroatoms. The highest BCUT2D eigenvalue weighted by Gasteiger charge is 2.46. The van der Waals surface area contributed by atoms with E-state index in [9.17, 15) is 14.7 Å². The summed E-state index contributed by atoms with van der Waals surface area (Å²) in [6.07, 6.45) is 3.30. The summed E-state index contributed by atoms with van der Waals surface area (Å²) in [6, 6.07) is 15.1. The average Bonchev–Trinajstić information content (AvgIpc) is 3.10. The maximum Gasteiger partial charge on any atom is 0.295 e. The van der Waals surface area contributed by atoms with Gasteiger partial charge in [0.2, 0.25) is 0 Å². The van der Waals surface area contributed by atoms with Gasteiger partial charge in [-0.25, -0.2) is 0 Å². The Morgan fingerprint density at radius 1 is 1.14 bits per heavy atom. The van der Waals surface area contributed by atoms with E-state index in [0.29, 0.717) is 28.5 Å². The third-order valence-electron chi connectivity index (χ3n) is 5.85. The second-order valence-electron chi connectivity index (χ2n) is 8.35. The number of aromatic nitrogens is 1. The molecule has 0 bridgehead atoms. The molecule has 2 aromatic carbocycles. The lowest BCUT2D eigenvalue weighted by atomic mass is 9.95. The topological polar surface area (TPSA) is 83.0 Å². The van der Waals surface area contributed by atoms with Crippen molar-refractivity contribution in [2.75, 3.05) is 25.6 Å². The van der Waals surface area contributed by atoms with Crippen LogP contribution >= 0.6 is 11.6 Å². The summed E-state index contributed by atoms with van der Waals surface area (Å²) in [7, 11) is 3.86. The Hall–Kier alpha value is -3.84. The number of likely N-dealkylation sites (tertiary alicyclic amines) is 1. The van der Waals surface area contributed by atoms with E-state index in [2.05, 4.69) is 4.98 Å². The van der Waals surface area contributed by atoms with Crippen LogP contribution in [-0.4, -0.2) is 47.4 Å². The largest absolute Gasteiger partial charge is 0.507 e. The zero-order chi connectivity index (χ0) is 25.1. The minimum absolute atomic E-state index is 0.0151. The van der Waals surface area contributed by atoms with Gasteiger partial charge in [-0.3, -0.25) is 14.6 Å². The molecule has 3 aromatic rings. The maximum atomic E-state index is 13.3. The van der Waals surface area contributed by atoms with Crippen molar-refractivity contribution in [3.63, 3.8) is 0 Å². The fraction of sp³-hybridized carbons (Fsp3) is 0.222. The number of carbonyl (C=O) groups excluding carboxylic acids is 2. The van der Waals surface area contributed by atoms with E-state index in [4.69, 9.17) is 16.3 Å². The number of ether oxygens (including phenoxy) is 1. The number of hydrogen-bond acceptors (Lipinski definition) is 6. The van der Waals surface area contributed by atoms with E-state index >= 15 is 0 Å². The van der Waals surface area contributed by atoms with Crippen LogP contribution in [0.5, 0.6) is 5.75 Å². The number of Topliss-reactive ketones (excluding diaryl/α,β-unsaturated/α-hetero) is 1. The molecule has 180 valence electrons. The van der Waals surface area contributed by atoms with Crippen LogP contribution in [0.1, 0.15) is 29.7 Å². The molecule has 1 aliphatic rings. The summed E-state index contributed by atoms with van der Waals surface area (Å²) >= 11 is 6.21. The molecule has 1 aromatic heterocycles. The Bertz CT molecular complexity index is 1270. The molecule has 0 radical (unpaired) electrons. The number of hydrogen-bond donors (Lipinski definition) is 1. The molecule has 1 saturated heterocycles. The molecule has 0 saturated carbocycles. The Labute approximate surface area is 209 Å². The lowest BCUT2D eigenvalue weighted by Crippen LogP contribution is -2.29. The predicted molar refractivity (Wildman–Crippen MR) is 135 cm³/mol. The van der Waals surface area contributed by atoms with E-state index in [1.54, 1.807) is 36.7 Å². The molecule has 1 fully saturated rings. The van der Waals surface area contributed by atoms with Crippen LogP contribution in [0, 0.1) is 0 Å². The standard InChI is InChI=1S/C27H26ClN3O4/c1-4-35-22-14-19(9-12-21(22)28)25(32)23-24(18-7-10-20(11-8-18)30(2)3)31(27(34)26(23)33)16-17-6-5-13-29-15-17/h5-15,24,32H,4,16H2,1-3H3/b25-23-. The summed E-state index contributed by atoms with van der Waals surface area (Å²) in [5, 5.41) is 11.7. The highest BCUT2D eigenvalue weighted by atomic mass is 35.5. The van der Waals surface area contributed by atoms with E-state index in [1.165, 1.54) is 4.90 Å². The number of anilines is 1. The number of benzene rings is 2. The van der Waals surface area contributed by atoms with Crippen molar-refractivity contribution < 1.29 is 19.4 Å². The van der Waals surface area contributed by atoms with Crippen molar-refractivity contribution in [2.45, 2.75) is 19.5 Å². The first-order valence-electron chi connectivity index (χ1n) is 11.2. The third kappa shape index (κ3) is 4.86. The van der Waals surface area contributed by atoms with Gasteiger partial charge < -0.3 is 19.6 Å². The van der Waals surface area contributed by atoms with E-state index in [-0.39, 0.29) is 17.9 Å².